The smallest absolute Gasteiger partial charge is 0.303 e. The fourth-order valence-electron chi connectivity index (χ4n) is 2.20. The minimum absolute atomic E-state index is 0.104. The van der Waals surface area contributed by atoms with Gasteiger partial charge in [-0.1, -0.05) is 6.07 Å². The molecular weight excluding hydrogens is 221 g/mol. The van der Waals surface area contributed by atoms with Crippen LogP contribution in [0, 0.1) is 11.2 Å². The number of rotatable bonds is 5. The number of hydrogen-bond donors (Lipinski definition) is 1. The van der Waals surface area contributed by atoms with E-state index < -0.39 is 5.97 Å². The molecule has 4 heteroatoms. The van der Waals surface area contributed by atoms with Crippen LogP contribution in [0.2, 0.25) is 0 Å². The number of nitrogens with zero attached hydrogens (tertiary/aromatic N) is 1. The molecule has 3 nitrogen and oxygen atoms in total. The van der Waals surface area contributed by atoms with Gasteiger partial charge in [-0.3, -0.25) is 4.79 Å². The maximum absolute atomic E-state index is 13.1. The molecule has 0 aliphatic heterocycles. The highest BCUT2D eigenvalue weighted by Crippen LogP contribution is 2.49. The van der Waals surface area contributed by atoms with Crippen LogP contribution < -0.4 is 4.90 Å². The molecule has 1 saturated carbocycles. The van der Waals surface area contributed by atoms with Gasteiger partial charge < -0.3 is 10.0 Å². The van der Waals surface area contributed by atoms with Gasteiger partial charge in [0.15, 0.2) is 0 Å². The average molecular weight is 237 g/mol. The molecule has 0 bridgehead atoms. The van der Waals surface area contributed by atoms with Gasteiger partial charge in [-0.05, 0) is 36.5 Å². The van der Waals surface area contributed by atoms with Crippen molar-refractivity contribution in [2.75, 3.05) is 18.5 Å². The number of hydrogen-bond acceptors (Lipinski definition) is 2. The minimum atomic E-state index is -0.754. The van der Waals surface area contributed by atoms with E-state index in [1.165, 1.54) is 12.1 Å². The topological polar surface area (TPSA) is 40.5 Å². The van der Waals surface area contributed by atoms with Gasteiger partial charge in [-0.2, -0.15) is 0 Å². The van der Waals surface area contributed by atoms with Crippen LogP contribution in [0.5, 0.6) is 0 Å². The van der Waals surface area contributed by atoms with Gasteiger partial charge in [0.2, 0.25) is 0 Å². The van der Waals surface area contributed by atoms with E-state index in [1.807, 2.05) is 18.0 Å². The van der Waals surface area contributed by atoms with E-state index in [1.54, 1.807) is 6.07 Å². The third-order valence-electron chi connectivity index (χ3n) is 3.30. The molecule has 0 heterocycles. The zero-order valence-corrected chi connectivity index (χ0v) is 9.82. The highest BCUT2D eigenvalue weighted by molar-refractivity contribution is 5.68. The van der Waals surface area contributed by atoms with Crippen molar-refractivity contribution in [3.8, 4) is 0 Å². The third kappa shape index (κ3) is 2.96. The summed E-state index contributed by atoms with van der Waals surface area (Å²) in [6.45, 7) is 0.669. The van der Waals surface area contributed by atoms with Crippen molar-refractivity contribution in [2.45, 2.75) is 19.3 Å². The van der Waals surface area contributed by atoms with E-state index >= 15 is 0 Å². The molecule has 0 unspecified atom stereocenters. The summed E-state index contributed by atoms with van der Waals surface area (Å²) in [6, 6.07) is 6.37. The number of carbonyl (C=O) groups is 1. The van der Waals surface area contributed by atoms with Crippen LogP contribution in [-0.4, -0.2) is 24.7 Å². The summed E-state index contributed by atoms with van der Waals surface area (Å²) < 4.78 is 13.1. The lowest BCUT2D eigenvalue weighted by Crippen LogP contribution is -2.28. The normalized spacial score (nSPS) is 16.6. The Morgan fingerprint density at radius 2 is 2.24 bits per heavy atom. The van der Waals surface area contributed by atoms with Gasteiger partial charge in [0.05, 0.1) is 6.42 Å². The molecule has 1 aromatic rings. The lowest BCUT2D eigenvalue weighted by Gasteiger charge is -2.24. The number of benzene rings is 1. The first kappa shape index (κ1) is 11.9. The second-order valence-electron chi connectivity index (χ2n) is 4.91. The van der Waals surface area contributed by atoms with E-state index in [-0.39, 0.29) is 17.7 Å². The number of carboxylic acid groups (broad SMARTS) is 1. The summed E-state index contributed by atoms with van der Waals surface area (Å²) >= 11 is 0. The Balaban J connectivity index is 2.02. The van der Waals surface area contributed by atoms with Crippen molar-refractivity contribution in [2.24, 2.45) is 5.41 Å². The molecule has 1 aliphatic rings. The maximum Gasteiger partial charge on any atom is 0.303 e. The van der Waals surface area contributed by atoms with Crippen LogP contribution in [0.15, 0.2) is 24.3 Å². The van der Waals surface area contributed by atoms with Crippen LogP contribution in [0.25, 0.3) is 0 Å². The summed E-state index contributed by atoms with van der Waals surface area (Å²) in [5.74, 6) is -1.02. The molecular formula is C13H16FNO2. The first-order valence-electron chi connectivity index (χ1n) is 5.69. The number of anilines is 1. The predicted molar refractivity (Wildman–Crippen MR) is 63.6 cm³/mol. The molecule has 1 N–H and O–H groups in total. The van der Waals surface area contributed by atoms with Crippen LogP contribution in [0.3, 0.4) is 0 Å². The Morgan fingerprint density at radius 3 is 2.76 bits per heavy atom. The number of carboxylic acids is 1. The summed E-state index contributed by atoms with van der Waals surface area (Å²) in [5, 5.41) is 8.84. The van der Waals surface area contributed by atoms with Crippen molar-refractivity contribution in [3.63, 3.8) is 0 Å². The van der Waals surface area contributed by atoms with Crippen molar-refractivity contribution < 1.29 is 14.3 Å². The predicted octanol–water partition coefficient (Wildman–Crippen LogP) is 2.52. The van der Waals surface area contributed by atoms with Crippen molar-refractivity contribution >= 4 is 11.7 Å². The molecule has 0 radical (unpaired) electrons. The quantitative estimate of drug-likeness (QED) is 0.855. The Bertz CT molecular complexity index is 429. The SMILES string of the molecule is CN(CC1(CC(=O)O)CC1)c1cccc(F)c1. The van der Waals surface area contributed by atoms with Crippen LogP contribution in [-0.2, 0) is 4.79 Å². The molecule has 17 heavy (non-hydrogen) atoms. The Kier molecular flexibility index (Phi) is 3.05. The molecule has 1 fully saturated rings. The second kappa shape index (κ2) is 4.35. The molecule has 1 aliphatic carbocycles. The second-order valence-corrected chi connectivity index (χ2v) is 4.91. The van der Waals surface area contributed by atoms with E-state index in [0.29, 0.717) is 6.54 Å². The van der Waals surface area contributed by atoms with Gasteiger partial charge in [0.1, 0.15) is 5.82 Å². The fraction of sp³-hybridized carbons (Fsp3) is 0.462. The monoisotopic (exact) mass is 237 g/mol. The van der Waals surface area contributed by atoms with E-state index in [2.05, 4.69) is 0 Å². The van der Waals surface area contributed by atoms with Crippen molar-refractivity contribution in [1.82, 2.24) is 0 Å². The molecule has 0 amide bonds. The van der Waals surface area contributed by atoms with E-state index in [0.717, 1.165) is 18.5 Å². The first-order chi connectivity index (χ1) is 8.01. The minimum Gasteiger partial charge on any atom is -0.481 e. The lowest BCUT2D eigenvalue weighted by molar-refractivity contribution is -0.138. The van der Waals surface area contributed by atoms with Crippen LogP contribution >= 0.6 is 0 Å². The zero-order valence-electron chi connectivity index (χ0n) is 9.82. The van der Waals surface area contributed by atoms with Crippen LogP contribution in [0.1, 0.15) is 19.3 Å². The number of aliphatic carboxylic acids is 1. The lowest BCUT2D eigenvalue weighted by atomic mass is 10.0. The molecule has 0 saturated heterocycles. The Labute approximate surface area is 99.9 Å². The summed E-state index contributed by atoms with van der Waals surface area (Å²) in [6.07, 6.45) is 2.09. The van der Waals surface area contributed by atoms with Gasteiger partial charge in [-0.25, -0.2) is 4.39 Å². The molecule has 92 valence electrons. The zero-order chi connectivity index (χ0) is 12.5. The van der Waals surface area contributed by atoms with Crippen LogP contribution in [0.4, 0.5) is 10.1 Å². The molecule has 1 aromatic carbocycles. The summed E-state index contributed by atoms with van der Waals surface area (Å²) in [7, 11) is 1.87. The molecule has 0 spiro atoms. The van der Waals surface area contributed by atoms with Crippen molar-refractivity contribution in [1.29, 1.82) is 0 Å². The highest BCUT2D eigenvalue weighted by Gasteiger charge is 2.45. The van der Waals surface area contributed by atoms with E-state index in [9.17, 15) is 9.18 Å². The third-order valence-corrected chi connectivity index (χ3v) is 3.30. The Morgan fingerprint density at radius 1 is 1.53 bits per heavy atom. The molecule has 2 rings (SSSR count). The standard InChI is InChI=1S/C13H16FNO2/c1-15(11-4-2-3-10(14)7-11)9-13(5-6-13)8-12(16)17/h2-4,7H,5-6,8-9H2,1H3,(H,16,17). The summed E-state index contributed by atoms with van der Waals surface area (Å²) in [4.78, 5) is 12.7. The van der Waals surface area contributed by atoms with Gasteiger partial charge in [0.25, 0.3) is 0 Å². The van der Waals surface area contributed by atoms with Gasteiger partial charge in [-0.15, -0.1) is 0 Å². The molecule has 0 aromatic heterocycles. The highest BCUT2D eigenvalue weighted by atomic mass is 19.1. The number of halogens is 1. The largest absolute Gasteiger partial charge is 0.481 e. The Hall–Kier alpha value is -1.58. The van der Waals surface area contributed by atoms with Crippen molar-refractivity contribution in [3.05, 3.63) is 30.1 Å². The summed E-state index contributed by atoms with van der Waals surface area (Å²) in [5.41, 5.74) is 0.689. The average Bonchev–Trinajstić information content (AvgIpc) is 2.96. The van der Waals surface area contributed by atoms with Gasteiger partial charge >= 0.3 is 5.97 Å². The van der Waals surface area contributed by atoms with E-state index in [4.69, 9.17) is 5.11 Å². The molecule has 0 atom stereocenters. The fourth-order valence-corrected chi connectivity index (χ4v) is 2.20. The first-order valence-corrected chi connectivity index (χ1v) is 5.69. The van der Waals surface area contributed by atoms with Gasteiger partial charge in [0, 0.05) is 19.3 Å². The maximum atomic E-state index is 13.1.